The Hall–Kier alpha value is -2.16. The van der Waals surface area contributed by atoms with E-state index in [2.05, 4.69) is 20.1 Å². The molecule has 0 spiro atoms. The van der Waals surface area contributed by atoms with Gasteiger partial charge in [0.25, 0.3) is 0 Å². The standard InChI is InChI=1S/C18H18N4O4.Na/c1-2-24-17-7-11(3-4-19-17)12-5-13(6-12)25-18-10-20-14(9-21-18)15-8-16(23)22-26-15;/h3-4,7-10,12-13H,2,5-6H2,1H3,(H,22,23);/q;+1/p-1. The van der Waals surface area contributed by atoms with Crippen LogP contribution in [0.4, 0.5) is 0 Å². The molecule has 0 radical (unpaired) electrons. The average molecular weight is 376 g/mol. The summed E-state index contributed by atoms with van der Waals surface area (Å²) in [6, 6.07) is 5.27. The number of nitrogens with zero attached hydrogens (tertiary/aromatic N) is 4. The maximum atomic E-state index is 11.0. The molecule has 27 heavy (non-hydrogen) atoms. The Morgan fingerprint density at radius 3 is 2.67 bits per heavy atom. The van der Waals surface area contributed by atoms with Gasteiger partial charge in [0.15, 0.2) is 5.76 Å². The summed E-state index contributed by atoms with van der Waals surface area (Å²) < 4.78 is 16.2. The van der Waals surface area contributed by atoms with Crippen LogP contribution in [0.2, 0.25) is 0 Å². The van der Waals surface area contributed by atoms with Gasteiger partial charge in [-0.1, -0.05) is 5.16 Å². The van der Waals surface area contributed by atoms with E-state index < -0.39 is 5.88 Å². The van der Waals surface area contributed by atoms with Gasteiger partial charge in [-0.15, -0.1) is 0 Å². The zero-order chi connectivity index (χ0) is 17.9. The van der Waals surface area contributed by atoms with Crippen LogP contribution in [-0.4, -0.2) is 32.8 Å². The zero-order valence-corrected chi connectivity index (χ0v) is 17.2. The third-order valence-corrected chi connectivity index (χ3v) is 4.27. The minimum Gasteiger partial charge on any atom is -0.856 e. The number of pyridine rings is 1. The second kappa shape index (κ2) is 8.69. The molecule has 3 aromatic heterocycles. The van der Waals surface area contributed by atoms with Crippen molar-refractivity contribution in [3.8, 4) is 29.1 Å². The van der Waals surface area contributed by atoms with E-state index >= 15 is 0 Å². The molecule has 1 saturated carbocycles. The third kappa shape index (κ3) is 4.58. The fourth-order valence-electron chi connectivity index (χ4n) is 2.89. The maximum Gasteiger partial charge on any atom is 1.00 e. The molecule has 3 aromatic rings. The molecule has 9 heteroatoms. The molecule has 0 unspecified atom stereocenters. The summed E-state index contributed by atoms with van der Waals surface area (Å²) >= 11 is 0. The van der Waals surface area contributed by atoms with Crippen molar-refractivity contribution in [3.05, 3.63) is 42.4 Å². The SMILES string of the molecule is CCOc1cc(C2CC(Oc3cnc(-c4cc([O-])no4)cn3)C2)ccn1.[Na+]. The van der Waals surface area contributed by atoms with Crippen molar-refractivity contribution in [1.82, 2.24) is 20.1 Å². The van der Waals surface area contributed by atoms with Crippen molar-refractivity contribution in [3.63, 3.8) is 0 Å². The first-order chi connectivity index (χ1) is 12.7. The molecule has 0 saturated heterocycles. The van der Waals surface area contributed by atoms with Gasteiger partial charge in [0.2, 0.25) is 11.8 Å². The topological polar surface area (TPSA) is 106 Å². The van der Waals surface area contributed by atoms with Gasteiger partial charge in [0.1, 0.15) is 11.8 Å². The third-order valence-electron chi connectivity index (χ3n) is 4.27. The monoisotopic (exact) mass is 376 g/mol. The van der Waals surface area contributed by atoms with Crippen LogP contribution in [0, 0.1) is 0 Å². The Balaban J connectivity index is 0.00000210. The number of rotatable bonds is 6. The van der Waals surface area contributed by atoms with Crippen LogP contribution in [0.15, 0.2) is 41.3 Å². The Bertz CT molecular complexity index is 881. The largest absolute Gasteiger partial charge is 1.00 e. The fraction of sp³-hybridized carbons (Fsp3) is 0.333. The van der Waals surface area contributed by atoms with E-state index in [4.69, 9.17) is 14.0 Å². The summed E-state index contributed by atoms with van der Waals surface area (Å²) in [7, 11) is 0. The van der Waals surface area contributed by atoms with Crippen molar-refractivity contribution in [2.75, 3.05) is 6.61 Å². The van der Waals surface area contributed by atoms with Crippen molar-refractivity contribution in [2.24, 2.45) is 0 Å². The minimum atomic E-state index is -0.439. The van der Waals surface area contributed by atoms with Crippen molar-refractivity contribution < 1.29 is 48.7 Å². The van der Waals surface area contributed by atoms with Gasteiger partial charge in [0, 0.05) is 24.2 Å². The molecule has 4 rings (SSSR count). The maximum absolute atomic E-state index is 11.0. The molecule has 1 aliphatic rings. The number of hydrogen-bond acceptors (Lipinski definition) is 8. The Kier molecular flexibility index (Phi) is 6.30. The molecule has 134 valence electrons. The summed E-state index contributed by atoms with van der Waals surface area (Å²) in [6.45, 7) is 2.54. The van der Waals surface area contributed by atoms with E-state index in [0.29, 0.717) is 35.7 Å². The first-order valence-electron chi connectivity index (χ1n) is 8.43. The van der Waals surface area contributed by atoms with E-state index in [-0.39, 0.29) is 35.7 Å². The Labute approximate surface area is 178 Å². The molecule has 0 N–H and O–H groups in total. The van der Waals surface area contributed by atoms with Gasteiger partial charge in [-0.3, -0.25) is 0 Å². The van der Waals surface area contributed by atoms with E-state index in [1.807, 2.05) is 19.1 Å². The number of hydrogen-bond donors (Lipinski definition) is 0. The Morgan fingerprint density at radius 1 is 1.15 bits per heavy atom. The molecule has 0 atom stereocenters. The van der Waals surface area contributed by atoms with E-state index in [1.165, 1.54) is 24.0 Å². The summed E-state index contributed by atoms with van der Waals surface area (Å²) in [5.74, 6) is 1.39. The van der Waals surface area contributed by atoms with Crippen LogP contribution in [0.3, 0.4) is 0 Å². The predicted molar refractivity (Wildman–Crippen MR) is 88.8 cm³/mol. The molecular weight excluding hydrogens is 359 g/mol. The minimum absolute atomic E-state index is 0. The van der Waals surface area contributed by atoms with Gasteiger partial charge >= 0.3 is 29.6 Å². The Morgan fingerprint density at radius 2 is 2.00 bits per heavy atom. The zero-order valence-electron chi connectivity index (χ0n) is 15.2. The summed E-state index contributed by atoms with van der Waals surface area (Å²) in [5, 5.41) is 14.3. The fourth-order valence-corrected chi connectivity index (χ4v) is 2.89. The molecular formula is C18H17N4NaO4. The molecule has 3 heterocycles. The van der Waals surface area contributed by atoms with Crippen molar-refractivity contribution in [2.45, 2.75) is 31.8 Å². The average Bonchev–Trinajstić information content (AvgIpc) is 3.05. The van der Waals surface area contributed by atoms with Crippen molar-refractivity contribution in [1.29, 1.82) is 0 Å². The van der Waals surface area contributed by atoms with Gasteiger partial charge < -0.3 is 19.1 Å². The smallest absolute Gasteiger partial charge is 0.856 e. The normalized spacial score (nSPS) is 18.3. The first kappa shape index (κ1) is 19.6. The molecule has 0 aromatic carbocycles. The van der Waals surface area contributed by atoms with Crippen LogP contribution in [0.5, 0.6) is 17.6 Å². The van der Waals surface area contributed by atoms with Gasteiger partial charge in [-0.2, -0.15) is 0 Å². The summed E-state index contributed by atoms with van der Waals surface area (Å²) in [4.78, 5) is 12.6. The first-order valence-corrected chi connectivity index (χ1v) is 8.43. The molecule has 1 fully saturated rings. The number of aromatic nitrogens is 4. The molecule has 0 bridgehead atoms. The second-order valence-corrected chi connectivity index (χ2v) is 6.04. The van der Waals surface area contributed by atoms with Crippen molar-refractivity contribution >= 4 is 0 Å². The quantitative estimate of drug-likeness (QED) is 0.522. The van der Waals surface area contributed by atoms with Crippen LogP contribution in [0.25, 0.3) is 11.5 Å². The van der Waals surface area contributed by atoms with Crippen LogP contribution in [0.1, 0.15) is 31.2 Å². The molecule has 0 amide bonds. The summed E-state index contributed by atoms with van der Waals surface area (Å²) in [6.07, 6.45) is 6.71. The molecule has 0 aliphatic heterocycles. The van der Waals surface area contributed by atoms with Gasteiger partial charge in [-0.05, 0) is 37.3 Å². The van der Waals surface area contributed by atoms with Gasteiger partial charge in [0.05, 0.1) is 19.0 Å². The van der Waals surface area contributed by atoms with Crippen LogP contribution >= 0.6 is 0 Å². The molecule has 1 aliphatic carbocycles. The molecule has 8 nitrogen and oxygen atoms in total. The van der Waals surface area contributed by atoms with E-state index in [9.17, 15) is 5.11 Å². The van der Waals surface area contributed by atoms with Crippen LogP contribution < -0.4 is 44.1 Å². The second-order valence-electron chi connectivity index (χ2n) is 6.04. The number of ether oxygens (including phenoxy) is 2. The van der Waals surface area contributed by atoms with Crippen LogP contribution in [-0.2, 0) is 0 Å². The predicted octanol–water partition coefficient (Wildman–Crippen LogP) is -0.672. The van der Waals surface area contributed by atoms with E-state index in [1.54, 1.807) is 6.20 Å². The summed E-state index contributed by atoms with van der Waals surface area (Å²) in [5.41, 5.74) is 1.65. The van der Waals surface area contributed by atoms with E-state index in [0.717, 1.165) is 12.8 Å². The van der Waals surface area contributed by atoms with Gasteiger partial charge in [-0.25, -0.2) is 15.0 Å².